The summed E-state index contributed by atoms with van der Waals surface area (Å²) in [5.41, 5.74) is -1.27. The second-order valence-corrected chi connectivity index (χ2v) is 8.10. The molecule has 154 valence electrons. The van der Waals surface area contributed by atoms with Crippen molar-refractivity contribution in [1.29, 1.82) is 0 Å². The second-order valence-electron chi connectivity index (χ2n) is 6.42. The molecule has 3 unspecified atom stereocenters. The number of halogens is 4. The molecule has 1 aliphatic rings. The number of piperidine rings is 1. The normalized spacial score (nSPS) is 21.8. The fourth-order valence-corrected chi connectivity index (χ4v) is 4.21. The Morgan fingerprint density at radius 2 is 1.93 bits per heavy atom. The van der Waals surface area contributed by atoms with Gasteiger partial charge in [0.25, 0.3) is 0 Å². The number of sulfonamides is 1. The van der Waals surface area contributed by atoms with E-state index in [1.54, 1.807) is 0 Å². The summed E-state index contributed by atoms with van der Waals surface area (Å²) in [5.74, 6) is -0.367. The zero-order valence-corrected chi connectivity index (χ0v) is 16.5. The topological polar surface area (TPSA) is 87.3 Å². The van der Waals surface area contributed by atoms with E-state index in [0.717, 1.165) is 25.1 Å². The van der Waals surface area contributed by atoms with Gasteiger partial charge in [-0.15, -0.1) is 12.4 Å². The smallest absolute Gasteiger partial charge is 0.350 e. The van der Waals surface area contributed by atoms with Gasteiger partial charge in [0.15, 0.2) is 0 Å². The highest BCUT2D eigenvalue weighted by Gasteiger charge is 2.37. The van der Waals surface area contributed by atoms with Gasteiger partial charge in [0.2, 0.25) is 15.9 Å². The van der Waals surface area contributed by atoms with Gasteiger partial charge in [-0.2, -0.15) is 17.9 Å². The van der Waals surface area contributed by atoms with Gasteiger partial charge in [-0.05, 0) is 37.9 Å². The van der Waals surface area contributed by atoms with Crippen LogP contribution in [-0.4, -0.2) is 39.5 Å². The quantitative estimate of drug-likeness (QED) is 0.667. The lowest BCUT2D eigenvalue weighted by Crippen LogP contribution is -2.54. The molecule has 1 amide bonds. The van der Waals surface area contributed by atoms with Crippen molar-refractivity contribution in [2.24, 2.45) is 5.92 Å². The van der Waals surface area contributed by atoms with Crippen LogP contribution < -0.4 is 15.4 Å². The summed E-state index contributed by atoms with van der Waals surface area (Å²) in [5, 5.41) is 5.87. The molecule has 0 aromatic heterocycles. The third-order valence-corrected chi connectivity index (χ3v) is 5.96. The Balaban J connectivity index is 0.00000364. The molecule has 1 heterocycles. The summed E-state index contributed by atoms with van der Waals surface area (Å²) in [4.78, 5) is 11.4. The molecule has 1 aromatic rings. The fraction of sp³-hybridized carbons (Fsp3) is 0.562. The molecule has 3 N–H and O–H groups in total. The third-order valence-electron chi connectivity index (χ3n) is 4.36. The maximum Gasteiger partial charge on any atom is 0.417 e. The van der Waals surface area contributed by atoms with Crippen LogP contribution in [0.3, 0.4) is 0 Å². The highest BCUT2D eigenvalue weighted by molar-refractivity contribution is 7.89. The lowest BCUT2D eigenvalue weighted by molar-refractivity contribution is -0.139. The van der Waals surface area contributed by atoms with E-state index in [-0.39, 0.29) is 24.4 Å². The van der Waals surface area contributed by atoms with Gasteiger partial charge in [0.05, 0.1) is 16.5 Å². The van der Waals surface area contributed by atoms with Crippen LogP contribution in [0.1, 0.15) is 25.8 Å². The Kier molecular flexibility index (Phi) is 8.09. The third kappa shape index (κ3) is 6.06. The summed E-state index contributed by atoms with van der Waals surface area (Å²) in [6.07, 6.45) is -3.95. The molecule has 1 saturated heterocycles. The van der Waals surface area contributed by atoms with Gasteiger partial charge in [0, 0.05) is 12.6 Å². The van der Waals surface area contributed by atoms with E-state index in [1.807, 2.05) is 11.6 Å². The minimum atomic E-state index is -4.82. The predicted octanol–water partition coefficient (Wildman–Crippen LogP) is 1.91. The van der Waals surface area contributed by atoms with Crippen molar-refractivity contribution < 1.29 is 26.4 Å². The van der Waals surface area contributed by atoms with Crippen molar-refractivity contribution in [3.63, 3.8) is 0 Å². The molecular formula is C16H23ClF3N3O3S. The van der Waals surface area contributed by atoms with Crippen LogP contribution in [0, 0.1) is 5.92 Å². The Morgan fingerprint density at radius 3 is 2.52 bits per heavy atom. The van der Waals surface area contributed by atoms with E-state index in [4.69, 9.17) is 0 Å². The van der Waals surface area contributed by atoms with Gasteiger partial charge < -0.3 is 10.6 Å². The number of nitrogens with one attached hydrogen (secondary N) is 3. The van der Waals surface area contributed by atoms with Gasteiger partial charge in [-0.25, -0.2) is 8.42 Å². The standard InChI is InChI=1S/C16H22F3N3O3S.ClH/c1-10-7-8-20-9-13(10)21-15(23)11(2)22-26(24,25)14-6-4-3-5-12(14)16(17,18)19;/h3-6,10-11,13,20,22H,7-9H2,1-2H3,(H,21,23);1H. The predicted molar refractivity (Wildman–Crippen MR) is 97.1 cm³/mol. The summed E-state index contributed by atoms with van der Waals surface area (Å²) in [6, 6.07) is 2.48. The zero-order valence-electron chi connectivity index (χ0n) is 14.8. The van der Waals surface area contributed by atoms with Crippen molar-refractivity contribution in [3.8, 4) is 0 Å². The summed E-state index contributed by atoms with van der Waals surface area (Å²) in [6.45, 7) is 4.66. The van der Waals surface area contributed by atoms with Crippen LogP contribution >= 0.6 is 12.4 Å². The second kappa shape index (κ2) is 9.22. The molecular weight excluding hydrogens is 407 g/mol. The number of hydrogen-bond acceptors (Lipinski definition) is 4. The van der Waals surface area contributed by atoms with Crippen LogP contribution in [0.5, 0.6) is 0 Å². The van der Waals surface area contributed by atoms with Crippen LogP contribution in [-0.2, 0) is 21.0 Å². The van der Waals surface area contributed by atoms with Crippen LogP contribution in [0.15, 0.2) is 29.2 Å². The lowest BCUT2D eigenvalue weighted by atomic mass is 9.94. The Bertz CT molecular complexity index is 759. The van der Waals surface area contributed by atoms with E-state index in [1.165, 1.54) is 13.0 Å². The van der Waals surface area contributed by atoms with Crippen LogP contribution in [0.2, 0.25) is 0 Å². The van der Waals surface area contributed by atoms with Crippen LogP contribution in [0.25, 0.3) is 0 Å². The van der Waals surface area contributed by atoms with E-state index < -0.39 is 38.6 Å². The van der Waals surface area contributed by atoms with E-state index in [2.05, 4.69) is 10.6 Å². The first kappa shape index (κ1) is 23.7. The molecule has 0 bridgehead atoms. The largest absolute Gasteiger partial charge is 0.417 e. The molecule has 27 heavy (non-hydrogen) atoms. The zero-order chi connectivity index (χ0) is 19.5. The van der Waals surface area contributed by atoms with Gasteiger partial charge >= 0.3 is 6.18 Å². The molecule has 0 saturated carbocycles. The first-order chi connectivity index (χ1) is 12.0. The average molecular weight is 430 g/mol. The van der Waals surface area contributed by atoms with Gasteiger partial charge in [0.1, 0.15) is 0 Å². The number of amides is 1. The minimum absolute atomic E-state index is 0. The van der Waals surface area contributed by atoms with Gasteiger partial charge in [-0.3, -0.25) is 4.79 Å². The molecule has 2 rings (SSSR count). The number of hydrogen-bond donors (Lipinski definition) is 3. The lowest BCUT2D eigenvalue weighted by Gasteiger charge is -2.31. The first-order valence-corrected chi connectivity index (χ1v) is 9.70. The maximum absolute atomic E-state index is 13.0. The van der Waals surface area contributed by atoms with E-state index >= 15 is 0 Å². The van der Waals surface area contributed by atoms with Crippen LogP contribution in [0.4, 0.5) is 13.2 Å². The number of benzene rings is 1. The molecule has 1 aromatic carbocycles. The summed E-state index contributed by atoms with van der Waals surface area (Å²) < 4.78 is 65.9. The molecule has 1 aliphatic heterocycles. The molecule has 0 spiro atoms. The Hall–Kier alpha value is -1.36. The molecule has 0 aliphatic carbocycles. The number of alkyl halides is 3. The first-order valence-electron chi connectivity index (χ1n) is 8.22. The number of carbonyl (C=O) groups is 1. The average Bonchev–Trinajstić information content (AvgIpc) is 2.55. The van der Waals surface area contributed by atoms with Crippen molar-refractivity contribution in [2.45, 2.75) is 43.4 Å². The summed E-state index contributed by atoms with van der Waals surface area (Å²) in [7, 11) is -4.52. The number of carbonyl (C=O) groups excluding carboxylic acids is 1. The molecule has 6 nitrogen and oxygen atoms in total. The molecule has 3 atom stereocenters. The minimum Gasteiger partial charge on any atom is -0.350 e. The van der Waals surface area contributed by atoms with E-state index in [9.17, 15) is 26.4 Å². The summed E-state index contributed by atoms with van der Waals surface area (Å²) >= 11 is 0. The highest BCUT2D eigenvalue weighted by atomic mass is 35.5. The Morgan fingerprint density at radius 1 is 1.30 bits per heavy atom. The van der Waals surface area contributed by atoms with Crippen molar-refractivity contribution in [2.75, 3.05) is 13.1 Å². The maximum atomic E-state index is 13.0. The monoisotopic (exact) mass is 429 g/mol. The van der Waals surface area contributed by atoms with Gasteiger partial charge in [-0.1, -0.05) is 19.1 Å². The van der Waals surface area contributed by atoms with Crippen molar-refractivity contribution in [1.82, 2.24) is 15.4 Å². The fourth-order valence-electron chi connectivity index (χ4n) is 2.78. The van der Waals surface area contributed by atoms with E-state index in [0.29, 0.717) is 12.6 Å². The Labute approximate surface area is 162 Å². The molecule has 11 heteroatoms. The van der Waals surface area contributed by atoms with Crippen molar-refractivity contribution in [3.05, 3.63) is 29.8 Å². The molecule has 0 radical (unpaired) electrons. The number of rotatable bonds is 5. The molecule has 1 fully saturated rings. The SMILES string of the molecule is CC(NS(=O)(=O)c1ccccc1C(F)(F)F)C(=O)NC1CNCCC1C.Cl. The highest BCUT2D eigenvalue weighted by Crippen LogP contribution is 2.33. The van der Waals surface area contributed by atoms with Crippen molar-refractivity contribution >= 4 is 28.3 Å².